The molecule has 33 heavy (non-hydrogen) atoms. The van der Waals surface area contributed by atoms with Gasteiger partial charge in [-0.2, -0.15) is 0 Å². The number of hydrogen-bond donors (Lipinski definition) is 1. The third-order valence-electron chi connectivity index (χ3n) is 5.29. The first-order valence-corrected chi connectivity index (χ1v) is 11.3. The highest BCUT2D eigenvalue weighted by atomic mass is 35.5. The quantitative estimate of drug-likeness (QED) is 0.202. The van der Waals surface area contributed by atoms with E-state index in [2.05, 4.69) is 4.98 Å². The lowest BCUT2D eigenvalue weighted by Gasteiger charge is -2.23. The number of rotatable bonds is 3. The van der Waals surface area contributed by atoms with Crippen molar-refractivity contribution in [2.24, 2.45) is 0 Å². The molecule has 1 saturated heterocycles. The van der Waals surface area contributed by atoms with E-state index in [9.17, 15) is 19.1 Å². The predicted octanol–water partition coefficient (Wildman–Crippen LogP) is 6.37. The zero-order valence-electron chi connectivity index (χ0n) is 16.6. The summed E-state index contributed by atoms with van der Waals surface area (Å²) in [5.41, 5.74) is 1.27. The van der Waals surface area contributed by atoms with Crippen LogP contribution >= 0.6 is 34.5 Å². The average molecular weight is 499 g/mol. The molecule has 0 bridgehead atoms. The van der Waals surface area contributed by atoms with Gasteiger partial charge in [0.25, 0.3) is 5.78 Å². The summed E-state index contributed by atoms with van der Waals surface area (Å²) in [6, 6.07) is 15.8. The second-order valence-electron chi connectivity index (χ2n) is 7.34. The van der Waals surface area contributed by atoms with Gasteiger partial charge >= 0.3 is 5.91 Å². The molecule has 1 aliphatic heterocycles. The number of nitrogens with zero attached hydrogens (tertiary/aromatic N) is 2. The van der Waals surface area contributed by atoms with E-state index in [1.165, 1.54) is 40.5 Å². The SMILES string of the molecule is O=C1C(=O)N(c2nc3ccc(Cl)cc3s2)C(c2ccc(Cl)cc2)C1=C(O)c1ccc(F)cc1. The van der Waals surface area contributed by atoms with Crippen molar-refractivity contribution in [1.29, 1.82) is 0 Å². The van der Waals surface area contributed by atoms with Gasteiger partial charge in [-0.3, -0.25) is 14.5 Å². The van der Waals surface area contributed by atoms with E-state index in [-0.39, 0.29) is 16.3 Å². The van der Waals surface area contributed by atoms with Gasteiger partial charge in [-0.1, -0.05) is 46.7 Å². The number of Topliss-reactive ketones (excluding diaryl/α,β-unsaturated/α-hetero) is 1. The van der Waals surface area contributed by atoms with E-state index in [0.29, 0.717) is 21.1 Å². The van der Waals surface area contributed by atoms with Crippen LogP contribution in [0.4, 0.5) is 9.52 Å². The van der Waals surface area contributed by atoms with Crippen molar-refractivity contribution in [2.75, 3.05) is 4.90 Å². The molecule has 1 unspecified atom stereocenters. The summed E-state index contributed by atoms with van der Waals surface area (Å²) >= 11 is 13.3. The Bertz CT molecular complexity index is 1450. The molecule has 1 aromatic heterocycles. The number of aliphatic hydroxyl groups excluding tert-OH is 1. The molecule has 9 heteroatoms. The van der Waals surface area contributed by atoms with Crippen LogP contribution < -0.4 is 4.90 Å². The molecule has 4 aromatic rings. The lowest BCUT2D eigenvalue weighted by molar-refractivity contribution is -0.132. The summed E-state index contributed by atoms with van der Waals surface area (Å²) in [5.74, 6) is -2.59. The molecule has 0 aliphatic carbocycles. The third kappa shape index (κ3) is 3.78. The summed E-state index contributed by atoms with van der Waals surface area (Å²) in [7, 11) is 0. The Labute approximate surface area is 201 Å². The Morgan fingerprint density at radius 2 is 1.64 bits per heavy atom. The molecule has 1 atom stereocenters. The molecule has 0 saturated carbocycles. The number of ketones is 1. The topological polar surface area (TPSA) is 70.5 Å². The molecular formula is C24H13Cl2FN2O3S. The van der Waals surface area contributed by atoms with Crippen molar-refractivity contribution in [1.82, 2.24) is 4.98 Å². The lowest BCUT2D eigenvalue weighted by atomic mass is 9.95. The average Bonchev–Trinajstić information content (AvgIpc) is 3.32. The summed E-state index contributed by atoms with van der Waals surface area (Å²) in [5, 5.41) is 12.3. The van der Waals surface area contributed by atoms with E-state index in [1.807, 2.05) is 0 Å². The van der Waals surface area contributed by atoms with Crippen LogP contribution in [0.15, 0.2) is 72.3 Å². The molecule has 0 spiro atoms. The third-order valence-corrected chi connectivity index (χ3v) is 6.80. The van der Waals surface area contributed by atoms with Crippen molar-refractivity contribution < 1.29 is 19.1 Å². The highest BCUT2D eigenvalue weighted by Crippen LogP contribution is 2.44. The second-order valence-corrected chi connectivity index (χ2v) is 9.22. The van der Waals surface area contributed by atoms with Gasteiger partial charge in [-0.05, 0) is 60.2 Å². The minimum absolute atomic E-state index is 0.119. The van der Waals surface area contributed by atoms with Crippen LogP contribution in [-0.4, -0.2) is 21.8 Å². The maximum atomic E-state index is 13.4. The van der Waals surface area contributed by atoms with Crippen LogP contribution in [0.1, 0.15) is 17.2 Å². The van der Waals surface area contributed by atoms with E-state index in [1.54, 1.807) is 42.5 Å². The summed E-state index contributed by atoms with van der Waals surface area (Å²) in [6.45, 7) is 0. The Morgan fingerprint density at radius 1 is 0.970 bits per heavy atom. The first-order chi connectivity index (χ1) is 15.8. The van der Waals surface area contributed by atoms with Gasteiger partial charge in [-0.25, -0.2) is 9.37 Å². The summed E-state index contributed by atoms with van der Waals surface area (Å²) in [6.07, 6.45) is 0. The molecule has 1 aliphatic rings. The molecule has 1 amide bonds. The number of hydrogen-bond acceptors (Lipinski definition) is 5. The van der Waals surface area contributed by atoms with Gasteiger partial charge in [0.05, 0.1) is 21.8 Å². The number of amides is 1. The van der Waals surface area contributed by atoms with Crippen molar-refractivity contribution in [3.05, 3.63) is 99.3 Å². The molecular weight excluding hydrogens is 486 g/mol. The van der Waals surface area contributed by atoms with Crippen molar-refractivity contribution in [3.8, 4) is 0 Å². The molecule has 1 fully saturated rings. The minimum atomic E-state index is -0.955. The minimum Gasteiger partial charge on any atom is -0.507 e. The fraction of sp³-hybridized carbons (Fsp3) is 0.0417. The maximum absolute atomic E-state index is 13.4. The number of aromatic nitrogens is 1. The van der Waals surface area contributed by atoms with Gasteiger partial charge in [0.2, 0.25) is 0 Å². The predicted molar refractivity (Wildman–Crippen MR) is 127 cm³/mol. The summed E-state index contributed by atoms with van der Waals surface area (Å²) < 4.78 is 14.1. The van der Waals surface area contributed by atoms with Crippen LogP contribution in [-0.2, 0) is 9.59 Å². The molecule has 1 N–H and O–H groups in total. The van der Waals surface area contributed by atoms with E-state index < -0.39 is 29.3 Å². The largest absolute Gasteiger partial charge is 0.507 e. The van der Waals surface area contributed by atoms with Gasteiger partial charge in [0, 0.05) is 15.6 Å². The molecule has 3 aromatic carbocycles. The number of thiazole rings is 1. The molecule has 2 heterocycles. The van der Waals surface area contributed by atoms with E-state index in [4.69, 9.17) is 23.2 Å². The van der Waals surface area contributed by atoms with E-state index >= 15 is 0 Å². The summed E-state index contributed by atoms with van der Waals surface area (Å²) in [4.78, 5) is 32.1. The van der Waals surface area contributed by atoms with Crippen molar-refractivity contribution in [2.45, 2.75) is 6.04 Å². The van der Waals surface area contributed by atoms with Gasteiger partial charge in [0.15, 0.2) is 5.13 Å². The Kier molecular flexibility index (Phi) is 5.40. The zero-order valence-corrected chi connectivity index (χ0v) is 19.0. The number of carbonyl (C=O) groups excluding carboxylic acids is 2. The van der Waals surface area contributed by atoms with Crippen LogP contribution in [0.25, 0.3) is 16.0 Å². The number of aliphatic hydroxyl groups is 1. The smallest absolute Gasteiger partial charge is 0.301 e. The highest BCUT2D eigenvalue weighted by Gasteiger charge is 2.48. The van der Waals surface area contributed by atoms with Crippen LogP contribution in [0, 0.1) is 5.82 Å². The first-order valence-electron chi connectivity index (χ1n) is 9.72. The fourth-order valence-corrected chi connectivity index (χ4v) is 5.14. The Balaban J connectivity index is 1.73. The van der Waals surface area contributed by atoms with Crippen molar-refractivity contribution in [3.63, 3.8) is 0 Å². The van der Waals surface area contributed by atoms with Gasteiger partial charge in [-0.15, -0.1) is 0 Å². The van der Waals surface area contributed by atoms with Gasteiger partial charge in [0.1, 0.15) is 11.6 Å². The number of halogens is 3. The second kappa shape index (κ2) is 8.26. The zero-order chi connectivity index (χ0) is 23.3. The maximum Gasteiger partial charge on any atom is 0.301 e. The van der Waals surface area contributed by atoms with Crippen LogP contribution in [0.5, 0.6) is 0 Å². The van der Waals surface area contributed by atoms with Gasteiger partial charge < -0.3 is 5.11 Å². The monoisotopic (exact) mass is 498 g/mol. The molecule has 5 nitrogen and oxygen atoms in total. The molecule has 5 rings (SSSR count). The lowest BCUT2D eigenvalue weighted by Crippen LogP contribution is -2.29. The number of benzene rings is 3. The Morgan fingerprint density at radius 3 is 2.33 bits per heavy atom. The number of carbonyl (C=O) groups is 2. The van der Waals surface area contributed by atoms with Crippen LogP contribution in [0.3, 0.4) is 0 Å². The molecule has 0 radical (unpaired) electrons. The standard InChI is InChI=1S/C24H13Cl2FN2O3S/c25-14-5-1-12(2-6-14)20-19(21(30)13-3-8-16(27)9-4-13)22(31)23(32)29(20)24-28-17-10-7-15(26)11-18(17)33-24/h1-11,20,30H. The normalized spacial score (nSPS) is 17.8. The Hall–Kier alpha value is -3.26. The highest BCUT2D eigenvalue weighted by molar-refractivity contribution is 7.22. The fourth-order valence-electron chi connectivity index (χ4n) is 3.74. The first kappa shape index (κ1) is 21.6. The van der Waals surface area contributed by atoms with E-state index in [0.717, 1.165) is 4.70 Å². The molecule has 164 valence electrons. The van der Waals surface area contributed by atoms with Crippen LogP contribution in [0.2, 0.25) is 10.0 Å². The van der Waals surface area contributed by atoms with Crippen molar-refractivity contribution >= 4 is 67.3 Å². The number of fused-ring (bicyclic) bond motifs is 1. The number of anilines is 1.